The van der Waals surface area contributed by atoms with Crippen LogP contribution in [0.25, 0.3) is 0 Å². The third-order valence-electron chi connectivity index (χ3n) is 5.05. The summed E-state index contributed by atoms with van der Waals surface area (Å²) < 4.78 is 0. The van der Waals surface area contributed by atoms with Crippen LogP contribution in [0.2, 0.25) is 5.02 Å². The summed E-state index contributed by atoms with van der Waals surface area (Å²) in [6.45, 7) is 12.2. The molecule has 0 saturated carbocycles. The number of hydrogen-bond acceptors (Lipinski definition) is 1. The summed E-state index contributed by atoms with van der Waals surface area (Å²) in [7, 11) is 0. The van der Waals surface area contributed by atoms with Gasteiger partial charge in [-0.3, -0.25) is 0 Å². The highest BCUT2D eigenvalue weighted by Gasteiger charge is 2.33. The van der Waals surface area contributed by atoms with Crippen LogP contribution in [0.5, 0.6) is 0 Å². The molecule has 0 amide bonds. The zero-order valence-electron chi connectivity index (χ0n) is 14.1. The smallest absolute Gasteiger partial charge is 0.0676 e. The third kappa shape index (κ3) is 2.40. The number of hydrogen-bond donors (Lipinski definition) is 1. The van der Waals surface area contributed by atoms with Crippen molar-refractivity contribution in [3.8, 4) is 0 Å². The minimum atomic E-state index is 0.0981. The number of nitrogens with two attached hydrogens (primary N) is 1. The second-order valence-corrected chi connectivity index (χ2v) is 6.68. The molecule has 2 heteroatoms. The molecule has 1 nitrogen and oxygen atoms in total. The maximum Gasteiger partial charge on any atom is 0.0676 e. The fraction of sp³-hybridized carbons (Fsp3) is 0.182. The monoisotopic (exact) mass is 335 g/mol. The van der Waals surface area contributed by atoms with E-state index in [-0.39, 0.29) is 11.8 Å². The highest BCUT2D eigenvalue weighted by atomic mass is 35.5. The Labute approximate surface area is 149 Å². The normalized spacial score (nSPS) is 19.8. The second-order valence-electron chi connectivity index (χ2n) is 6.30. The summed E-state index contributed by atoms with van der Waals surface area (Å²) in [4.78, 5) is 0. The van der Waals surface area contributed by atoms with Gasteiger partial charge >= 0.3 is 0 Å². The summed E-state index contributed by atoms with van der Waals surface area (Å²) >= 11 is 6.61. The highest BCUT2D eigenvalue weighted by Crippen LogP contribution is 2.50. The van der Waals surface area contributed by atoms with Crippen LogP contribution in [0.1, 0.15) is 47.9 Å². The van der Waals surface area contributed by atoms with Crippen molar-refractivity contribution < 1.29 is 0 Å². The van der Waals surface area contributed by atoms with Crippen LogP contribution in [0.3, 0.4) is 0 Å². The van der Waals surface area contributed by atoms with Gasteiger partial charge in [-0.05, 0) is 46.4 Å². The van der Waals surface area contributed by atoms with Crippen LogP contribution >= 0.6 is 11.6 Å². The Bertz CT molecular complexity index is 860. The lowest BCUT2D eigenvalue weighted by Gasteiger charge is -2.35. The zero-order valence-corrected chi connectivity index (χ0v) is 14.9. The number of nitrogen functional groups attached to an aromatic ring is 1. The fourth-order valence-electron chi connectivity index (χ4n) is 3.77. The Morgan fingerprint density at radius 2 is 1.71 bits per heavy atom. The maximum atomic E-state index is 6.61. The van der Waals surface area contributed by atoms with E-state index in [0.717, 1.165) is 16.7 Å². The molecular weight excluding hydrogens is 314 g/mol. The predicted octanol–water partition coefficient (Wildman–Crippen LogP) is 6.21. The average molecular weight is 336 g/mol. The van der Waals surface area contributed by atoms with E-state index in [1.54, 1.807) is 0 Å². The fourth-order valence-corrected chi connectivity index (χ4v) is 4.10. The first-order valence-electron chi connectivity index (χ1n) is 8.13. The maximum absolute atomic E-state index is 6.61. The molecule has 2 N–H and O–H groups in total. The molecule has 0 bridgehead atoms. The lowest BCUT2D eigenvalue weighted by molar-refractivity contribution is 0.792. The molecule has 1 aliphatic carbocycles. The van der Waals surface area contributed by atoms with Crippen molar-refractivity contribution in [1.29, 1.82) is 0 Å². The number of benzene rings is 2. The van der Waals surface area contributed by atoms with Crippen LogP contribution < -0.4 is 5.73 Å². The van der Waals surface area contributed by atoms with Crippen LogP contribution in [-0.2, 0) is 0 Å². The van der Waals surface area contributed by atoms with E-state index in [0.29, 0.717) is 10.7 Å². The molecule has 1 aliphatic rings. The molecule has 2 aromatic carbocycles. The number of halogens is 1. The van der Waals surface area contributed by atoms with Crippen molar-refractivity contribution in [1.82, 2.24) is 0 Å². The standard InChI is InChI=1S/C22H22ClN/c1-5-13(3)15(6-2)21-17-10-8-7-9-16(17)14(4)20-18(21)11-12-19(24)22(20)23/h5-12,14,21H,1-2,24H2,3-4H3/b15-13+. The molecule has 3 rings (SSSR count). The van der Waals surface area contributed by atoms with E-state index in [1.165, 1.54) is 16.7 Å². The molecule has 0 radical (unpaired) electrons. The minimum absolute atomic E-state index is 0.0981. The van der Waals surface area contributed by atoms with Crippen molar-refractivity contribution in [3.05, 3.63) is 100 Å². The third-order valence-corrected chi connectivity index (χ3v) is 5.48. The Kier molecular flexibility index (Phi) is 4.38. The lowest BCUT2D eigenvalue weighted by atomic mass is 9.69. The van der Waals surface area contributed by atoms with Gasteiger partial charge in [0.2, 0.25) is 0 Å². The molecule has 0 saturated heterocycles. The minimum Gasteiger partial charge on any atom is -0.398 e. The number of fused-ring (bicyclic) bond motifs is 2. The van der Waals surface area contributed by atoms with E-state index in [4.69, 9.17) is 17.3 Å². The molecule has 2 aromatic rings. The van der Waals surface area contributed by atoms with Gasteiger partial charge in [-0.25, -0.2) is 0 Å². The zero-order chi connectivity index (χ0) is 17.4. The highest BCUT2D eigenvalue weighted by molar-refractivity contribution is 6.34. The Morgan fingerprint density at radius 3 is 2.33 bits per heavy atom. The van der Waals surface area contributed by atoms with Crippen molar-refractivity contribution in [3.63, 3.8) is 0 Å². The van der Waals surface area contributed by atoms with Crippen molar-refractivity contribution in [2.45, 2.75) is 25.7 Å². The van der Waals surface area contributed by atoms with Gasteiger partial charge in [0.25, 0.3) is 0 Å². The summed E-state index contributed by atoms with van der Waals surface area (Å²) in [6.07, 6.45) is 3.82. The van der Waals surface area contributed by atoms with E-state index < -0.39 is 0 Å². The van der Waals surface area contributed by atoms with Gasteiger partial charge in [0.1, 0.15) is 0 Å². The Hall–Kier alpha value is -2.25. The van der Waals surface area contributed by atoms with Crippen LogP contribution in [-0.4, -0.2) is 0 Å². The first kappa shape index (κ1) is 16.6. The van der Waals surface area contributed by atoms with E-state index in [1.807, 2.05) is 18.2 Å². The molecular formula is C22H22ClN. The lowest BCUT2D eigenvalue weighted by Crippen LogP contribution is -2.19. The van der Waals surface area contributed by atoms with Crippen LogP contribution in [0.4, 0.5) is 5.69 Å². The predicted molar refractivity (Wildman–Crippen MR) is 105 cm³/mol. The first-order valence-corrected chi connectivity index (χ1v) is 8.51. The SMILES string of the molecule is C=C/C(C)=C(\C=C)C1c2ccccc2C(C)c2c1ccc(N)c2Cl. The molecule has 122 valence electrons. The Balaban J connectivity index is 2.40. The van der Waals surface area contributed by atoms with E-state index in [9.17, 15) is 0 Å². The largest absolute Gasteiger partial charge is 0.398 e. The molecule has 0 aliphatic heterocycles. The van der Waals surface area contributed by atoms with Crippen molar-refractivity contribution >= 4 is 17.3 Å². The molecule has 0 aromatic heterocycles. The molecule has 0 fully saturated rings. The summed E-state index contributed by atoms with van der Waals surface area (Å²) in [5, 5.41) is 0.666. The van der Waals surface area contributed by atoms with Gasteiger partial charge in [0.05, 0.1) is 10.7 Å². The van der Waals surface area contributed by atoms with Gasteiger partial charge in [-0.1, -0.05) is 74.2 Å². The number of allylic oxidation sites excluding steroid dienone is 4. The van der Waals surface area contributed by atoms with Gasteiger partial charge in [-0.15, -0.1) is 0 Å². The van der Waals surface area contributed by atoms with Crippen LogP contribution in [0, 0.1) is 0 Å². The van der Waals surface area contributed by atoms with Gasteiger partial charge < -0.3 is 5.73 Å². The quantitative estimate of drug-likeness (QED) is 0.524. The van der Waals surface area contributed by atoms with Gasteiger partial charge in [0, 0.05) is 11.8 Å². The van der Waals surface area contributed by atoms with Crippen molar-refractivity contribution in [2.75, 3.05) is 5.73 Å². The molecule has 2 atom stereocenters. The summed E-state index contributed by atoms with van der Waals surface area (Å²) in [5.74, 6) is 0.305. The molecule has 0 spiro atoms. The number of anilines is 1. The van der Waals surface area contributed by atoms with Gasteiger partial charge in [-0.2, -0.15) is 0 Å². The summed E-state index contributed by atoms with van der Waals surface area (Å²) in [6, 6.07) is 12.6. The summed E-state index contributed by atoms with van der Waals surface area (Å²) in [5.41, 5.74) is 13.9. The van der Waals surface area contributed by atoms with Crippen LogP contribution in [0.15, 0.2) is 72.9 Å². The van der Waals surface area contributed by atoms with Crippen molar-refractivity contribution in [2.24, 2.45) is 0 Å². The average Bonchev–Trinajstić information content (AvgIpc) is 2.60. The molecule has 2 unspecified atom stereocenters. The van der Waals surface area contributed by atoms with Gasteiger partial charge in [0.15, 0.2) is 0 Å². The topological polar surface area (TPSA) is 26.0 Å². The van der Waals surface area contributed by atoms with E-state index in [2.05, 4.69) is 57.3 Å². The Morgan fingerprint density at radius 1 is 1.04 bits per heavy atom. The molecule has 0 heterocycles. The number of rotatable bonds is 3. The van der Waals surface area contributed by atoms with E-state index >= 15 is 0 Å². The molecule has 24 heavy (non-hydrogen) atoms. The second kappa shape index (κ2) is 6.33. The first-order chi connectivity index (χ1) is 11.5.